The number of nitrogens with one attached hydrogen (secondary N) is 1. The number of benzene rings is 1. The minimum Gasteiger partial charge on any atom is -0.316 e. The van der Waals surface area contributed by atoms with Gasteiger partial charge in [-0.2, -0.15) is 0 Å². The summed E-state index contributed by atoms with van der Waals surface area (Å²) in [7, 11) is 0. The van der Waals surface area contributed by atoms with E-state index in [4.69, 9.17) is 0 Å². The summed E-state index contributed by atoms with van der Waals surface area (Å²) in [4.78, 5) is 0. The zero-order valence-electron chi connectivity index (χ0n) is 6.89. The zero-order valence-corrected chi connectivity index (χ0v) is 9.04. The fourth-order valence-electron chi connectivity index (χ4n) is 1.70. The van der Waals surface area contributed by atoms with Crippen molar-refractivity contribution in [2.24, 2.45) is 0 Å². The summed E-state index contributed by atoms with van der Waals surface area (Å²) in [5.74, 6) is 0.750. The van der Waals surface area contributed by atoms with Gasteiger partial charge in [-0.15, -0.1) is 0 Å². The lowest BCUT2D eigenvalue weighted by molar-refractivity contribution is 0.763. The fourth-order valence-corrected chi connectivity index (χ4v) is 2.27. The maximum Gasteiger partial charge on any atom is 0.0133 e. The van der Waals surface area contributed by atoms with Gasteiger partial charge in [0.15, 0.2) is 0 Å². The molecule has 1 fully saturated rings. The standard InChI is InChI=1S/C10H12IN/c11-10-3-1-2-8(6-10)9-4-5-12-7-9/h1-3,6,9,12H,4-5,7H2. The van der Waals surface area contributed by atoms with Crippen LogP contribution >= 0.6 is 22.6 Å². The summed E-state index contributed by atoms with van der Waals surface area (Å²) in [6.07, 6.45) is 1.29. The number of halogens is 1. The second-order valence-electron chi connectivity index (χ2n) is 3.24. The van der Waals surface area contributed by atoms with Gasteiger partial charge >= 0.3 is 0 Å². The first-order chi connectivity index (χ1) is 5.86. The molecular formula is C10H12IN. The third kappa shape index (κ3) is 1.80. The van der Waals surface area contributed by atoms with Crippen LogP contribution in [0, 0.1) is 3.57 Å². The SMILES string of the molecule is Ic1cccc(C2CCNC2)c1. The topological polar surface area (TPSA) is 12.0 Å². The summed E-state index contributed by atoms with van der Waals surface area (Å²) >= 11 is 2.37. The van der Waals surface area contributed by atoms with E-state index in [0.717, 1.165) is 12.5 Å². The maximum absolute atomic E-state index is 3.39. The van der Waals surface area contributed by atoms with Crippen LogP contribution in [0.4, 0.5) is 0 Å². The van der Waals surface area contributed by atoms with E-state index >= 15 is 0 Å². The number of rotatable bonds is 1. The van der Waals surface area contributed by atoms with Crippen molar-refractivity contribution in [1.82, 2.24) is 5.32 Å². The molecule has 1 N–H and O–H groups in total. The Bertz CT molecular complexity index is 266. The van der Waals surface area contributed by atoms with Crippen molar-refractivity contribution in [2.75, 3.05) is 13.1 Å². The van der Waals surface area contributed by atoms with Crippen molar-refractivity contribution in [2.45, 2.75) is 12.3 Å². The van der Waals surface area contributed by atoms with Gasteiger partial charge in [-0.25, -0.2) is 0 Å². The highest BCUT2D eigenvalue weighted by atomic mass is 127. The Morgan fingerprint density at radius 2 is 2.33 bits per heavy atom. The molecule has 1 aromatic rings. The van der Waals surface area contributed by atoms with Gasteiger partial charge in [0.05, 0.1) is 0 Å². The van der Waals surface area contributed by atoms with Crippen LogP contribution in [0.2, 0.25) is 0 Å². The van der Waals surface area contributed by atoms with Crippen LogP contribution in [-0.2, 0) is 0 Å². The van der Waals surface area contributed by atoms with Gasteiger partial charge in [0.1, 0.15) is 0 Å². The summed E-state index contributed by atoms with van der Waals surface area (Å²) in [6.45, 7) is 2.33. The first-order valence-corrected chi connectivity index (χ1v) is 5.40. The van der Waals surface area contributed by atoms with Gasteiger partial charge in [0.25, 0.3) is 0 Å². The summed E-state index contributed by atoms with van der Waals surface area (Å²) in [6, 6.07) is 8.82. The van der Waals surface area contributed by atoms with Crippen molar-refractivity contribution in [3.8, 4) is 0 Å². The van der Waals surface area contributed by atoms with Gasteiger partial charge in [-0.3, -0.25) is 0 Å². The molecule has 1 aliphatic heterocycles. The molecule has 0 radical (unpaired) electrons. The maximum atomic E-state index is 3.39. The smallest absolute Gasteiger partial charge is 0.0133 e. The molecule has 64 valence electrons. The lowest BCUT2D eigenvalue weighted by Crippen LogP contribution is -2.07. The van der Waals surface area contributed by atoms with E-state index in [1.54, 1.807) is 0 Å². The molecule has 1 unspecified atom stereocenters. The second-order valence-corrected chi connectivity index (χ2v) is 4.49. The van der Waals surface area contributed by atoms with E-state index in [0.29, 0.717) is 0 Å². The van der Waals surface area contributed by atoms with Crippen LogP contribution in [-0.4, -0.2) is 13.1 Å². The van der Waals surface area contributed by atoms with Crippen LogP contribution in [0.15, 0.2) is 24.3 Å². The van der Waals surface area contributed by atoms with Crippen molar-refractivity contribution in [3.05, 3.63) is 33.4 Å². The summed E-state index contributed by atoms with van der Waals surface area (Å²) in [5, 5.41) is 3.39. The average molecular weight is 273 g/mol. The molecule has 1 atom stereocenters. The van der Waals surface area contributed by atoms with Gasteiger partial charge < -0.3 is 5.32 Å². The molecule has 1 aliphatic rings. The highest BCUT2D eigenvalue weighted by Gasteiger charge is 2.15. The van der Waals surface area contributed by atoms with Crippen molar-refractivity contribution in [3.63, 3.8) is 0 Å². The van der Waals surface area contributed by atoms with Crippen LogP contribution in [0.1, 0.15) is 17.9 Å². The van der Waals surface area contributed by atoms with Crippen LogP contribution in [0.3, 0.4) is 0 Å². The zero-order chi connectivity index (χ0) is 8.39. The molecule has 0 amide bonds. The molecule has 0 saturated carbocycles. The molecule has 0 aliphatic carbocycles. The number of hydrogen-bond donors (Lipinski definition) is 1. The lowest BCUT2D eigenvalue weighted by atomic mass is 9.99. The van der Waals surface area contributed by atoms with E-state index in [2.05, 4.69) is 52.2 Å². The summed E-state index contributed by atoms with van der Waals surface area (Å²) < 4.78 is 1.34. The van der Waals surface area contributed by atoms with E-state index in [9.17, 15) is 0 Å². The van der Waals surface area contributed by atoms with Crippen LogP contribution in [0.25, 0.3) is 0 Å². The molecule has 2 heteroatoms. The van der Waals surface area contributed by atoms with Crippen molar-refractivity contribution >= 4 is 22.6 Å². The molecular weight excluding hydrogens is 261 g/mol. The molecule has 1 nitrogen and oxygen atoms in total. The Kier molecular flexibility index (Phi) is 2.66. The Morgan fingerprint density at radius 1 is 1.42 bits per heavy atom. The Morgan fingerprint density at radius 3 is 3.00 bits per heavy atom. The quantitative estimate of drug-likeness (QED) is 0.775. The fraction of sp³-hybridized carbons (Fsp3) is 0.400. The van der Waals surface area contributed by atoms with Crippen LogP contribution < -0.4 is 5.32 Å². The predicted octanol–water partition coefficient (Wildman–Crippen LogP) is 2.37. The van der Waals surface area contributed by atoms with E-state index in [1.165, 1.54) is 22.1 Å². The lowest BCUT2D eigenvalue weighted by Gasteiger charge is -2.08. The molecule has 0 spiro atoms. The van der Waals surface area contributed by atoms with E-state index in [-0.39, 0.29) is 0 Å². The minimum atomic E-state index is 0.750. The van der Waals surface area contributed by atoms with Crippen molar-refractivity contribution in [1.29, 1.82) is 0 Å². The number of hydrogen-bond acceptors (Lipinski definition) is 1. The molecule has 2 rings (SSSR count). The van der Waals surface area contributed by atoms with Gasteiger partial charge in [0, 0.05) is 10.1 Å². The highest BCUT2D eigenvalue weighted by Crippen LogP contribution is 2.23. The molecule has 0 bridgehead atoms. The molecule has 1 saturated heterocycles. The van der Waals surface area contributed by atoms with E-state index < -0.39 is 0 Å². The first kappa shape index (κ1) is 8.51. The van der Waals surface area contributed by atoms with Gasteiger partial charge in [-0.1, -0.05) is 12.1 Å². The monoisotopic (exact) mass is 273 g/mol. The highest BCUT2D eigenvalue weighted by molar-refractivity contribution is 14.1. The van der Waals surface area contributed by atoms with E-state index in [1.807, 2.05) is 0 Å². The first-order valence-electron chi connectivity index (χ1n) is 4.32. The Balaban J connectivity index is 2.21. The molecule has 12 heavy (non-hydrogen) atoms. The predicted molar refractivity (Wildman–Crippen MR) is 59.4 cm³/mol. The summed E-state index contributed by atoms with van der Waals surface area (Å²) in [5.41, 5.74) is 1.49. The minimum absolute atomic E-state index is 0.750. The second kappa shape index (κ2) is 3.75. The molecule has 0 aromatic heterocycles. The van der Waals surface area contributed by atoms with Gasteiger partial charge in [0.2, 0.25) is 0 Å². The Hall–Kier alpha value is -0.0900. The molecule has 1 aromatic carbocycles. The molecule has 1 heterocycles. The van der Waals surface area contributed by atoms with Crippen molar-refractivity contribution < 1.29 is 0 Å². The Labute approximate surface area is 86.7 Å². The van der Waals surface area contributed by atoms with Gasteiger partial charge in [-0.05, 0) is 59.2 Å². The third-order valence-electron chi connectivity index (χ3n) is 2.38. The normalized spacial score (nSPS) is 22.9. The average Bonchev–Trinajstić information content (AvgIpc) is 2.56. The largest absolute Gasteiger partial charge is 0.316 e. The van der Waals surface area contributed by atoms with Crippen LogP contribution in [0.5, 0.6) is 0 Å². The third-order valence-corrected chi connectivity index (χ3v) is 3.05.